The van der Waals surface area contributed by atoms with Gasteiger partial charge in [0.1, 0.15) is 17.7 Å². The van der Waals surface area contributed by atoms with Crippen LogP contribution in [0.15, 0.2) is 42.5 Å². The van der Waals surface area contributed by atoms with Crippen LogP contribution in [0.5, 0.6) is 5.75 Å². The Morgan fingerprint density at radius 2 is 1.75 bits per heavy atom. The van der Waals surface area contributed by atoms with Gasteiger partial charge in [0.2, 0.25) is 0 Å². The highest BCUT2D eigenvalue weighted by Gasteiger charge is 2.13. The van der Waals surface area contributed by atoms with Crippen LogP contribution in [0.2, 0.25) is 0 Å². The average Bonchev–Trinajstić information content (AvgIpc) is 2.44. The summed E-state index contributed by atoms with van der Waals surface area (Å²) >= 11 is 0. The van der Waals surface area contributed by atoms with Crippen LogP contribution >= 0.6 is 0 Å². The van der Waals surface area contributed by atoms with Gasteiger partial charge in [-0.25, -0.2) is 4.39 Å². The van der Waals surface area contributed by atoms with E-state index in [0.717, 1.165) is 12.0 Å². The molecule has 20 heavy (non-hydrogen) atoms. The van der Waals surface area contributed by atoms with Crippen molar-refractivity contribution in [2.24, 2.45) is 5.73 Å². The van der Waals surface area contributed by atoms with Crippen molar-refractivity contribution >= 4 is 0 Å². The molecule has 2 aromatic rings. The van der Waals surface area contributed by atoms with Crippen LogP contribution in [0, 0.1) is 19.7 Å². The predicted molar refractivity (Wildman–Crippen MR) is 79.4 cm³/mol. The molecule has 2 N–H and O–H groups in total. The fourth-order valence-corrected chi connectivity index (χ4v) is 2.09. The van der Waals surface area contributed by atoms with E-state index in [1.165, 1.54) is 23.3 Å². The number of ether oxygens (including phenoxy) is 1. The zero-order valence-corrected chi connectivity index (χ0v) is 11.9. The number of rotatable bonds is 5. The van der Waals surface area contributed by atoms with Gasteiger partial charge >= 0.3 is 0 Å². The second-order valence-corrected chi connectivity index (χ2v) is 4.98. The summed E-state index contributed by atoms with van der Waals surface area (Å²) in [6.45, 7) is 4.70. The van der Waals surface area contributed by atoms with Crippen molar-refractivity contribution in [3.05, 3.63) is 65.0 Å². The summed E-state index contributed by atoms with van der Waals surface area (Å²) in [5.74, 6) is 0.391. The van der Waals surface area contributed by atoms with Crippen molar-refractivity contribution < 1.29 is 9.13 Å². The average molecular weight is 273 g/mol. The predicted octanol–water partition coefficient (Wildman–Crippen LogP) is 3.91. The van der Waals surface area contributed by atoms with Gasteiger partial charge in [-0.3, -0.25) is 0 Å². The summed E-state index contributed by atoms with van der Waals surface area (Å²) < 4.78 is 18.9. The fraction of sp³-hybridized carbons (Fsp3) is 0.294. The van der Waals surface area contributed by atoms with E-state index < -0.39 is 0 Å². The standard InChI is InChI=1S/C17H20FNO/c1-12-3-4-14(11-13(12)2)17(9-10-19)20-16-7-5-15(18)6-8-16/h3-8,11,17H,9-10,19H2,1-2H3. The summed E-state index contributed by atoms with van der Waals surface area (Å²) in [5, 5.41) is 0. The van der Waals surface area contributed by atoms with E-state index in [4.69, 9.17) is 10.5 Å². The summed E-state index contributed by atoms with van der Waals surface area (Å²) in [4.78, 5) is 0. The van der Waals surface area contributed by atoms with Gasteiger partial charge < -0.3 is 10.5 Å². The number of halogens is 1. The molecular formula is C17H20FNO. The van der Waals surface area contributed by atoms with Crippen molar-refractivity contribution in [1.29, 1.82) is 0 Å². The Bertz CT molecular complexity index is 566. The Morgan fingerprint density at radius 3 is 2.35 bits per heavy atom. The first-order chi connectivity index (χ1) is 9.60. The first-order valence-corrected chi connectivity index (χ1v) is 6.79. The lowest BCUT2D eigenvalue weighted by Gasteiger charge is -2.20. The Kier molecular flexibility index (Phi) is 4.74. The lowest BCUT2D eigenvalue weighted by molar-refractivity contribution is 0.197. The molecule has 0 fully saturated rings. The van der Waals surface area contributed by atoms with Gasteiger partial charge in [-0.1, -0.05) is 18.2 Å². The Morgan fingerprint density at radius 1 is 1.05 bits per heavy atom. The van der Waals surface area contributed by atoms with Gasteiger partial charge in [0.25, 0.3) is 0 Å². The maximum absolute atomic E-state index is 12.9. The topological polar surface area (TPSA) is 35.2 Å². The number of aryl methyl sites for hydroxylation is 2. The second-order valence-electron chi connectivity index (χ2n) is 4.98. The third kappa shape index (κ3) is 3.58. The monoisotopic (exact) mass is 273 g/mol. The van der Waals surface area contributed by atoms with Gasteiger partial charge in [0.15, 0.2) is 0 Å². The molecule has 0 heterocycles. The summed E-state index contributed by atoms with van der Waals surface area (Å²) in [6, 6.07) is 12.3. The number of benzene rings is 2. The molecule has 0 aliphatic rings. The maximum Gasteiger partial charge on any atom is 0.125 e. The summed E-state index contributed by atoms with van der Waals surface area (Å²) in [7, 11) is 0. The van der Waals surface area contributed by atoms with Crippen LogP contribution in [-0.2, 0) is 0 Å². The van der Waals surface area contributed by atoms with E-state index in [9.17, 15) is 4.39 Å². The molecule has 2 nitrogen and oxygen atoms in total. The minimum atomic E-state index is -0.265. The molecule has 0 aliphatic carbocycles. The van der Waals surface area contributed by atoms with E-state index in [0.29, 0.717) is 12.3 Å². The molecule has 0 aliphatic heterocycles. The van der Waals surface area contributed by atoms with Crippen molar-refractivity contribution in [1.82, 2.24) is 0 Å². The van der Waals surface area contributed by atoms with Crippen LogP contribution in [-0.4, -0.2) is 6.54 Å². The van der Waals surface area contributed by atoms with E-state index >= 15 is 0 Å². The molecule has 0 radical (unpaired) electrons. The van der Waals surface area contributed by atoms with Gasteiger partial charge in [0.05, 0.1) is 0 Å². The first-order valence-electron chi connectivity index (χ1n) is 6.79. The molecule has 0 aromatic heterocycles. The molecule has 0 bridgehead atoms. The Labute approximate surface area is 119 Å². The molecule has 0 saturated heterocycles. The third-order valence-corrected chi connectivity index (χ3v) is 3.42. The van der Waals surface area contributed by atoms with Crippen LogP contribution in [0.4, 0.5) is 4.39 Å². The zero-order chi connectivity index (χ0) is 14.5. The van der Waals surface area contributed by atoms with E-state index in [1.807, 2.05) is 0 Å². The first kappa shape index (κ1) is 14.5. The molecule has 0 amide bonds. The molecular weight excluding hydrogens is 253 g/mol. The second kappa shape index (κ2) is 6.53. The quantitative estimate of drug-likeness (QED) is 0.896. The van der Waals surface area contributed by atoms with Crippen LogP contribution in [0.25, 0.3) is 0 Å². The third-order valence-electron chi connectivity index (χ3n) is 3.42. The van der Waals surface area contributed by atoms with Crippen LogP contribution < -0.4 is 10.5 Å². The van der Waals surface area contributed by atoms with Crippen LogP contribution in [0.3, 0.4) is 0 Å². The number of nitrogens with two attached hydrogens (primary N) is 1. The van der Waals surface area contributed by atoms with E-state index in [2.05, 4.69) is 32.0 Å². The minimum absolute atomic E-state index is 0.107. The smallest absolute Gasteiger partial charge is 0.125 e. The molecule has 2 rings (SSSR count). The maximum atomic E-state index is 12.9. The number of hydrogen-bond donors (Lipinski definition) is 1. The van der Waals surface area contributed by atoms with Crippen molar-refractivity contribution in [3.8, 4) is 5.75 Å². The molecule has 1 atom stereocenters. The highest BCUT2D eigenvalue weighted by molar-refractivity contribution is 5.32. The molecule has 0 saturated carbocycles. The van der Waals surface area contributed by atoms with Gasteiger partial charge in [-0.2, -0.15) is 0 Å². The fourth-order valence-electron chi connectivity index (χ4n) is 2.09. The van der Waals surface area contributed by atoms with Gasteiger partial charge in [-0.15, -0.1) is 0 Å². The SMILES string of the molecule is Cc1ccc(C(CCN)Oc2ccc(F)cc2)cc1C. The van der Waals surface area contributed by atoms with Crippen molar-refractivity contribution in [2.45, 2.75) is 26.4 Å². The van der Waals surface area contributed by atoms with Gasteiger partial charge in [0, 0.05) is 6.42 Å². The minimum Gasteiger partial charge on any atom is -0.486 e. The lowest BCUT2D eigenvalue weighted by Crippen LogP contribution is -2.13. The summed E-state index contributed by atoms with van der Waals surface area (Å²) in [5.41, 5.74) is 9.25. The normalized spacial score (nSPS) is 12.2. The molecule has 0 spiro atoms. The molecule has 1 unspecified atom stereocenters. The highest BCUT2D eigenvalue weighted by Crippen LogP contribution is 2.26. The van der Waals surface area contributed by atoms with E-state index in [1.54, 1.807) is 12.1 Å². The molecule has 3 heteroatoms. The van der Waals surface area contributed by atoms with Crippen molar-refractivity contribution in [2.75, 3.05) is 6.54 Å². The lowest BCUT2D eigenvalue weighted by atomic mass is 10.0. The van der Waals surface area contributed by atoms with Crippen LogP contribution in [0.1, 0.15) is 29.2 Å². The number of hydrogen-bond acceptors (Lipinski definition) is 2. The Balaban J connectivity index is 2.21. The summed E-state index contributed by atoms with van der Waals surface area (Å²) in [6.07, 6.45) is 0.615. The molecule has 2 aromatic carbocycles. The highest BCUT2D eigenvalue weighted by atomic mass is 19.1. The largest absolute Gasteiger partial charge is 0.486 e. The Hall–Kier alpha value is -1.87. The zero-order valence-electron chi connectivity index (χ0n) is 11.9. The molecule has 106 valence electrons. The van der Waals surface area contributed by atoms with Crippen molar-refractivity contribution in [3.63, 3.8) is 0 Å². The van der Waals surface area contributed by atoms with E-state index in [-0.39, 0.29) is 11.9 Å². The van der Waals surface area contributed by atoms with Gasteiger partial charge in [-0.05, 0) is 61.3 Å².